The van der Waals surface area contributed by atoms with E-state index in [1.165, 1.54) is 0 Å². The summed E-state index contributed by atoms with van der Waals surface area (Å²) in [5.41, 5.74) is 3.24. The van der Waals surface area contributed by atoms with Gasteiger partial charge in [0.1, 0.15) is 0 Å². The summed E-state index contributed by atoms with van der Waals surface area (Å²) in [6.07, 6.45) is -0.623. The zero-order valence-corrected chi connectivity index (χ0v) is 13.8. The van der Waals surface area contributed by atoms with Crippen LogP contribution < -0.4 is 0 Å². The van der Waals surface area contributed by atoms with Gasteiger partial charge in [-0.25, -0.2) is 4.79 Å². The molecule has 1 aromatic heterocycles. The molecule has 3 aromatic rings. The lowest BCUT2D eigenvalue weighted by molar-refractivity contribution is 0.0279. The molecule has 0 aliphatic rings. The Morgan fingerprint density at radius 2 is 1.83 bits per heavy atom. The van der Waals surface area contributed by atoms with Gasteiger partial charge in [-0.3, -0.25) is 0 Å². The molecule has 0 aliphatic carbocycles. The Labute approximate surface area is 140 Å². The highest BCUT2D eigenvalue weighted by Gasteiger charge is 2.21. The molecule has 5 nitrogen and oxygen atoms in total. The van der Waals surface area contributed by atoms with E-state index >= 15 is 0 Å². The van der Waals surface area contributed by atoms with Crippen LogP contribution in [0.3, 0.4) is 0 Å². The zero-order valence-electron chi connectivity index (χ0n) is 13.8. The van der Waals surface area contributed by atoms with Crippen LogP contribution in [0.1, 0.15) is 40.4 Å². The SMILES string of the molecule is Cc1ccc(C)c(C(=O)O[C@@H](C)c2nnc(-c3ccccc3)o2)c1. The average Bonchev–Trinajstić information content (AvgIpc) is 3.08. The third-order valence-electron chi connectivity index (χ3n) is 3.71. The van der Waals surface area contributed by atoms with Gasteiger partial charge in [0.15, 0.2) is 6.10 Å². The average molecular weight is 322 g/mol. The molecule has 3 rings (SSSR count). The van der Waals surface area contributed by atoms with Crippen LogP contribution in [0.25, 0.3) is 11.5 Å². The zero-order chi connectivity index (χ0) is 17.1. The summed E-state index contributed by atoms with van der Waals surface area (Å²) < 4.78 is 11.1. The Morgan fingerprint density at radius 3 is 2.58 bits per heavy atom. The van der Waals surface area contributed by atoms with E-state index in [1.807, 2.05) is 62.4 Å². The van der Waals surface area contributed by atoms with Crippen LogP contribution in [-0.2, 0) is 4.74 Å². The van der Waals surface area contributed by atoms with E-state index in [0.717, 1.165) is 16.7 Å². The summed E-state index contributed by atoms with van der Waals surface area (Å²) in [7, 11) is 0. The number of carbonyl (C=O) groups excluding carboxylic acids is 1. The molecule has 1 heterocycles. The normalized spacial score (nSPS) is 12.0. The molecular weight excluding hydrogens is 304 g/mol. The lowest BCUT2D eigenvalue weighted by Gasteiger charge is -2.11. The first kappa shape index (κ1) is 15.9. The Balaban J connectivity index is 1.75. The van der Waals surface area contributed by atoms with Crippen LogP contribution in [0, 0.1) is 13.8 Å². The molecule has 0 saturated carbocycles. The molecule has 0 fully saturated rings. The van der Waals surface area contributed by atoms with Crippen LogP contribution in [0.5, 0.6) is 0 Å². The predicted octanol–water partition coefficient (Wildman–Crippen LogP) is 4.27. The van der Waals surface area contributed by atoms with Crippen LogP contribution in [0.15, 0.2) is 52.9 Å². The van der Waals surface area contributed by atoms with Crippen molar-refractivity contribution in [3.05, 3.63) is 71.1 Å². The predicted molar refractivity (Wildman–Crippen MR) is 89.5 cm³/mol. The molecule has 122 valence electrons. The molecule has 2 aromatic carbocycles. The first-order valence-electron chi connectivity index (χ1n) is 7.71. The van der Waals surface area contributed by atoms with Crippen LogP contribution in [-0.4, -0.2) is 16.2 Å². The van der Waals surface area contributed by atoms with Crippen LogP contribution in [0.2, 0.25) is 0 Å². The number of aryl methyl sites for hydroxylation is 2. The largest absolute Gasteiger partial charge is 0.449 e. The van der Waals surface area contributed by atoms with E-state index in [2.05, 4.69) is 10.2 Å². The highest BCUT2D eigenvalue weighted by atomic mass is 16.6. The fourth-order valence-corrected chi connectivity index (χ4v) is 2.33. The number of carbonyl (C=O) groups is 1. The maximum atomic E-state index is 12.4. The topological polar surface area (TPSA) is 65.2 Å². The molecule has 1 atom stereocenters. The lowest BCUT2D eigenvalue weighted by atomic mass is 10.1. The summed E-state index contributed by atoms with van der Waals surface area (Å²) in [5, 5.41) is 8.00. The van der Waals surface area contributed by atoms with Gasteiger partial charge in [0.2, 0.25) is 5.89 Å². The number of aromatic nitrogens is 2. The number of ether oxygens (including phenoxy) is 1. The minimum Gasteiger partial charge on any atom is -0.449 e. The molecule has 0 spiro atoms. The number of esters is 1. The summed E-state index contributed by atoms with van der Waals surface area (Å²) in [6, 6.07) is 15.1. The maximum Gasteiger partial charge on any atom is 0.339 e. The van der Waals surface area contributed by atoms with E-state index in [1.54, 1.807) is 6.92 Å². The van der Waals surface area contributed by atoms with E-state index in [9.17, 15) is 4.79 Å². The van der Waals surface area contributed by atoms with Gasteiger partial charge in [-0.2, -0.15) is 0 Å². The van der Waals surface area contributed by atoms with Crippen molar-refractivity contribution in [1.29, 1.82) is 0 Å². The van der Waals surface area contributed by atoms with Gasteiger partial charge in [-0.1, -0.05) is 35.9 Å². The maximum absolute atomic E-state index is 12.4. The number of rotatable bonds is 4. The Bertz CT molecular complexity index is 856. The summed E-state index contributed by atoms with van der Waals surface area (Å²) in [4.78, 5) is 12.4. The Kier molecular flexibility index (Phi) is 4.42. The second kappa shape index (κ2) is 6.66. The quantitative estimate of drug-likeness (QED) is 0.671. The molecule has 0 unspecified atom stereocenters. The van der Waals surface area contributed by atoms with Gasteiger partial charge in [-0.15, -0.1) is 10.2 Å². The number of nitrogens with zero attached hydrogens (tertiary/aromatic N) is 2. The van der Waals surface area contributed by atoms with E-state index < -0.39 is 12.1 Å². The first-order valence-corrected chi connectivity index (χ1v) is 7.71. The third kappa shape index (κ3) is 3.35. The van der Waals surface area contributed by atoms with Gasteiger partial charge >= 0.3 is 5.97 Å². The molecule has 0 bridgehead atoms. The third-order valence-corrected chi connectivity index (χ3v) is 3.71. The highest BCUT2D eigenvalue weighted by Crippen LogP contribution is 2.23. The molecule has 0 amide bonds. The summed E-state index contributed by atoms with van der Waals surface area (Å²) in [6.45, 7) is 5.52. The van der Waals surface area contributed by atoms with Gasteiger partial charge in [0, 0.05) is 5.56 Å². The van der Waals surface area contributed by atoms with Gasteiger partial charge in [-0.05, 0) is 44.5 Å². The van der Waals surface area contributed by atoms with Gasteiger partial charge in [0.25, 0.3) is 5.89 Å². The fourth-order valence-electron chi connectivity index (χ4n) is 2.33. The van der Waals surface area contributed by atoms with Crippen molar-refractivity contribution in [3.8, 4) is 11.5 Å². The van der Waals surface area contributed by atoms with E-state index in [0.29, 0.717) is 11.5 Å². The minimum atomic E-state index is -0.623. The van der Waals surface area contributed by atoms with E-state index in [-0.39, 0.29) is 5.89 Å². The number of hydrogen-bond donors (Lipinski definition) is 0. The second-order valence-corrected chi connectivity index (χ2v) is 5.68. The number of hydrogen-bond acceptors (Lipinski definition) is 5. The van der Waals surface area contributed by atoms with Gasteiger partial charge in [0.05, 0.1) is 5.56 Å². The van der Waals surface area contributed by atoms with Gasteiger partial charge < -0.3 is 9.15 Å². The van der Waals surface area contributed by atoms with Crippen molar-refractivity contribution in [2.45, 2.75) is 26.9 Å². The van der Waals surface area contributed by atoms with Crippen molar-refractivity contribution in [1.82, 2.24) is 10.2 Å². The van der Waals surface area contributed by atoms with Crippen LogP contribution in [0.4, 0.5) is 0 Å². The van der Waals surface area contributed by atoms with Crippen molar-refractivity contribution in [2.75, 3.05) is 0 Å². The van der Waals surface area contributed by atoms with Crippen LogP contribution >= 0.6 is 0 Å². The minimum absolute atomic E-state index is 0.271. The molecule has 0 N–H and O–H groups in total. The monoisotopic (exact) mass is 322 g/mol. The fraction of sp³-hybridized carbons (Fsp3) is 0.211. The van der Waals surface area contributed by atoms with Crippen molar-refractivity contribution in [3.63, 3.8) is 0 Å². The van der Waals surface area contributed by atoms with E-state index in [4.69, 9.17) is 9.15 Å². The Morgan fingerprint density at radius 1 is 1.08 bits per heavy atom. The Hall–Kier alpha value is -2.95. The number of benzene rings is 2. The first-order chi connectivity index (χ1) is 11.5. The lowest BCUT2D eigenvalue weighted by Crippen LogP contribution is -2.11. The molecule has 0 saturated heterocycles. The molecule has 24 heavy (non-hydrogen) atoms. The molecular formula is C19H18N2O3. The van der Waals surface area contributed by atoms with Crippen molar-refractivity contribution >= 4 is 5.97 Å². The molecule has 0 aliphatic heterocycles. The van der Waals surface area contributed by atoms with Crippen molar-refractivity contribution in [2.24, 2.45) is 0 Å². The standard InChI is InChI=1S/C19H18N2O3/c1-12-9-10-13(2)16(11-12)19(22)23-14(3)17-20-21-18(24-17)15-7-5-4-6-8-15/h4-11,14H,1-3H3/t14-/m0/s1. The summed E-state index contributed by atoms with van der Waals surface area (Å²) in [5.74, 6) is 0.274. The highest BCUT2D eigenvalue weighted by molar-refractivity contribution is 5.91. The summed E-state index contributed by atoms with van der Waals surface area (Å²) >= 11 is 0. The van der Waals surface area contributed by atoms with Crippen molar-refractivity contribution < 1.29 is 13.9 Å². The molecule has 0 radical (unpaired) electrons. The smallest absolute Gasteiger partial charge is 0.339 e. The molecule has 5 heteroatoms. The second-order valence-electron chi connectivity index (χ2n) is 5.68.